The van der Waals surface area contributed by atoms with Crippen molar-refractivity contribution in [2.75, 3.05) is 6.54 Å². The van der Waals surface area contributed by atoms with Crippen LogP contribution in [0.15, 0.2) is 5.16 Å². The molecule has 0 aliphatic rings. The number of nitrogens with two attached hydrogens (primary N) is 1. The Kier molecular flexibility index (Phi) is 4.87. The first-order chi connectivity index (χ1) is 6.04. The molecule has 0 aliphatic carbocycles. The number of hydrogen-bond acceptors (Lipinski definition) is 3. The lowest BCUT2D eigenvalue weighted by Crippen LogP contribution is -2.41. The Morgan fingerprint density at radius 1 is 1.62 bits per heavy atom. The molecule has 0 aromatic heterocycles. The smallest absolute Gasteiger partial charge is 0.231 e. The zero-order valence-corrected chi connectivity index (χ0v) is 8.24. The number of carbonyl (C=O) groups is 1. The number of amides is 1. The maximum Gasteiger partial charge on any atom is 0.231 e. The number of carbonyl (C=O) groups excluding carboxylic acids is 1. The summed E-state index contributed by atoms with van der Waals surface area (Å²) >= 11 is 0. The van der Waals surface area contributed by atoms with Gasteiger partial charge in [0.05, 0.1) is 0 Å². The highest BCUT2D eigenvalue weighted by Crippen LogP contribution is 2.10. The van der Waals surface area contributed by atoms with E-state index in [1.807, 2.05) is 20.8 Å². The Morgan fingerprint density at radius 2 is 2.15 bits per heavy atom. The third-order valence-corrected chi connectivity index (χ3v) is 1.73. The second-order valence-electron chi connectivity index (χ2n) is 3.14. The maximum atomic E-state index is 11.4. The first-order valence-electron chi connectivity index (χ1n) is 4.29. The molecule has 0 aromatic rings. The van der Waals surface area contributed by atoms with Crippen molar-refractivity contribution in [2.45, 2.75) is 20.8 Å². The van der Waals surface area contributed by atoms with E-state index in [0.29, 0.717) is 6.54 Å². The highest BCUT2D eigenvalue weighted by atomic mass is 16.4. The molecule has 0 radical (unpaired) electrons. The second-order valence-corrected chi connectivity index (χ2v) is 3.14. The molecule has 1 unspecified atom stereocenters. The average Bonchev–Trinajstić information content (AvgIpc) is 2.04. The van der Waals surface area contributed by atoms with Crippen LogP contribution in [0.2, 0.25) is 0 Å². The number of nitrogens with zero attached hydrogens (tertiary/aromatic N) is 1. The third-order valence-electron chi connectivity index (χ3n) is 1.73. The van der Waals surface area contributed by atoms with Gasteiger partial charge in [0.1, 0.15) is 5.92 Å². The van der Waals surface area contributed by atoms with Crippen LogP contribution >= 0.6 is 0 Å². The number of amidine groups is 1. The van der Waals surface area contributed by atoms with E-state index < -0.39 is 5.92 Å². The predicted octanol–water partition coefficient (Wildman–Crippen LogP) is 0.141. The molecule has 5 heteroatoms. The minimum absolute atomic E-state index is 0.0162. The predicted molar refractivity (Wildman–Crippen MR) is 50.4 cm³/mol. The van der Waals surface area contributed by atoms with Crippen molar-refractivity contribution in [1.82, 2.24) is 5.32 Å². The summed E-state index contributed by atoms with van der Waals surface area (Å²) in [4.78, 5) is 11.4. The van der Waals surface area contributed by atoms with Gasteiger partial charge in [0, 0.05) is 6.54 Å². The molecule has 13 heavy (non-hydrogen) atoms. The van der Waals surface area contributed by atoms with Crippen molar-refractivity contribution in [3.05, 3.63) is 0 Å². The highest BCUT2D eigenvalue weighted by molar-refractivity contribution is 6.02. The van der Waals surface area contributed by atoms with Crippen LogP contribution in [-0.4, -0.2) is 23.5 Å². The van der Waals surface area contributed by atoms with E-state index in [4.69, 9.17) is 10.9 Å². The summed E-state index contributed by atoms with van der Waals surface area (Å²) in [6, 6.07) is 0. The van der Waals surface area contributed by atoms with Crippen molar-refractivity contribution < 1.29 is 10.0 Å². The summed E-state index contributed by atoms with van der Waals surface area (Å²) in [5, 5.41) is 13.9. The van der Waals surface area contributed by atoms with Crippen LogP contribution in [0, 0.1) is 11.8 Å². The molecule has 76 valence electrons. The highest BCUT2D eigenvalue weighted by Gasteiger charge is 2.25. The van der Waals surface area contributed by atoms with E-state index in [0.717, 1.165) is 0 Å². The van der Waals surface area contributed by atoms with E-state index in [-0.39, 0.29) is 17.7 Å². The van der Waals surface area contributed by atoms with Crippen molar-refractivity contribution in [3.63, 3.8) is 0 Å². The zero-order chi connectivity index (χ0) is 10.4. The van der Waals surface area contributed by atoms with Gasteiger partial charge in [0.2, 0.25) is 5.91 Å². The van der Waals surface area contributed by atoms with E-state index in [9.17, 15) is 4.79 Å². The van der Waals surface area contributed by atoms with Crippen molar-refractivity contribution >= 4 is 11.7 Å². The molecule has 0 heterocycles. The first-order valence-corrected chi connectivity index (χ1v) is 4.29. The van der Waals surface area contributed by atoms with Crippen molar-refractivity contribution in [3.8, 4) is 0 Å². The van der Waals surface area contributed by atoms with Gasteiger partial charge in [-0.3, -0.25) is 4.79 Å². The van der Waals surface area contributed by atoms with Crippen molar-refractivity contribution in [2.24, 2.45) is 22.7 Å². The number of hydrogen-bond donors (Lipinski definition) is 3. The van der Waals surface area contributed by atoms with Crippen LogP contribution in [0.5, 0.6) is 0 Å². The molecule has 4 N–H and O–H groups in total. The van der Waals surface area contributed by atoms with Crippen LogP contribution in [0.1, 0.15) is 20.8 Å². The molecule has 1 atom stereocenters. The number of rotatable bonds is 4. The molecule has 0 aliphatic heterocycles. The minimum atomic E-state index is -0.551. The summed E-state index contributed by atoms with van der Waals surface area (Å²) in [7, 11) is 0. The topological polar surface area (TPSA) is 87.7 Å². The molecule has 0 rings (SSSR count). The normalized spacial score (nSPS) is 14.3. The minimum Gasteiger partial charge on any atom is -0.409 e. The molecule has 0 bridgehead atoms. The third kappa shape index (κ3) is 3.31. The molecule has 0 aromatic carbocycles. The fourth-order valence-electron chi connectivity index (χ4n) is 1.12. The van der Waals surface area contributed by atoms with Gasteiger partial charge in [-0.1, -0.05) is 19.0 Å². The van der Waals surface area contributed by atoms with Crippen LogP contribution in [0.25, 0.3) is 0 Å². The first kappa shape index (κ1) is 11.7. The molecule has 0 fully saturated rings. The zero-order valence-electron chi connectivity index (χ0n) is 8.24. The Bertz CT molecular complexity index is 202. The van der Waals surface area contributed by atoms with E-state index in [1.165, 1.54) is 0 Å². The summed E-state index contributed by atoms with van der Waals surface area (Å²) in [5.41, 5.74) is 5.39. The molecule has 0 saturated carbocycles. The van der Waals surface area contributed by atoms with E-state index in [2.05, 4.69) is 10.5 Å². The molecule has 5 nitrogen and oxygen atoms in total. The van der Waals surface area contributed by atoms with Crippen LogP contribution in [-0.2, 0) is 4.79 Å². The fraction of sp³-hybridized carbons (Fsp3) is 0.750. The van der Waals surface area contributed by atoms with Crippen LogP contribution in [0.4, 0.5) is 0 Å². The largest absolute Gasteiger partial charge is 0.409 e. The van der Waals surface area contributed by atoms with Gasteiger partial charge < -0.3 is 16.3 Å². The molecular weight excluding hydrogens is 170 g/mol. The van der Waals surface area contributed by atoms with Crippen molar-refractivity contribution in [1.29, 1.82) is 0 Å². The summed E-state index contributed by atoms with van der Waals surface area (Å²) < 4.78 is 0. The molecule has 0 saturated heterocycles. The Morgan fingerprint density at radius 3 is 2.46 bits per heavy atom. The summed E-state index contributed by atoms with van der Waals surface area (Å²) in [6.07, 6.45) is 0. The van der Waals surface area contributed by atoms with Gasteiger partial charge >= 0.3 is 0 Å². The Balaban J connectivity index is 4.52. The van der Waals surface area contributed by atoms with Gasteiger partial charge in [-0.2, -0.15) is 0 Å². The van der Waals surface area contributed by atoms with Gasteiger partial charge in [0.15, 0.2) is 5.84 Å². The van der Waals surface area contributed by atoms with Gasteiger partial charge in [-0.15, -0.1) is 0 Å². The molecule has 0 spiro atoms. The van der Waals surface area contributed by atoms with Crippen LogP contribution in [0.3, 0.4) is 0 Å². The van der Waals surface area contributed by atoms with Gasteiger partial charge in [-0.05, 0) is 12.8 Å². The maximum absolute atomic E-state index is 11.4. The Labute approximate surface area is 78.0 Å². The molecular formula is C8H17N3O2. The summed E-state index contributed by atoms with van der Waals surface area (Å²) in [6.45, 7) is 6.05. The van der Waals surface area contributed by atoms with E-state index in [1.54, 1.807) is 0 Å². The van der Waals surface area contributed by atoms with Gasteiger partial charge in [0.25, 0.3) is 0 Å². The average molecular weight is 187 g/mol. The quantitative estimate of drug-likeness (QED) is 0.253. The lowest BCUT2D eigenvalue weighted by atomic mass is 9.94. The monoisotopic (exact) mass is 187 g/mol. The lowest BCUT2D eigenvalue weighted by molar-refractivity contribution is -0.123. The standard InChI is InChI=1S/C8H17N3O2/c1-4-10-8(12)6(5(2)3)7(9)11-13/h5-6,13H,4H2,1-3H3,(H2,9,11)(H,10,12). The number of nitrogens with one attached hydrogen (secondary N) is 1. The van der Waals surface area contributed by atoms with Crippen LogP contribution < -0.4 is 11.1 Å². The second kappa shape index (κ2) is 5.40. The summed E-state index contributed by atoms with van der Waals surface area (Å²) in [5.74, 6) is -0.777. The fourth-order valence-corrected chi connectivity index (χ4v) is 1.12. The molecule has 1 amide bonds. The van der Waals surface area contributed by atoms with Gasteiger partial charge in [-0.25, -0.2) is 0 Å². The Hall–Kier alpha value is -1.26. The lowest BCUT2D eigenvalue weighted by Gasteiger charge is -2.17. The van der Waals surface area contributed by atoms with E-state index >= 15 is 0 Å². The number of oxime groups is 1. The SMILES string of the molecule is CCNC(=O)C(C(N)=NO)C(C)C.